The van der Waals surface area contributed by atoms with Gasteiger partial charge in [0.05, 0.1) is 12.2 Å². The monoisotopic (exact) mass is 244 g/mol. The fourth-order valence-corrected chi connectivity index (χ4v) is 1.52. The molecule has 2 rings (SSSR count). The van der Waals surface area contributed by atoms with E-state index in [1.54, 1.807) is 6.20 Å². The fourth-order valence-electron chi connectivity index (χ4n) is 1.52. The van der Waals surface area contributed by atoms with Gasteiger partial charge in [0.1, 0.15) is 23.8 Å². The average molecular weight is 244 g/mol. The standard InChI is InChI=1S/C12H16N6/c1-3-13-11-6-12(17-8-16-11)15-7-10-4-5-14-9(2)18-10/h4-6,8H,3,7H2,1-2H3,(H2,13,15,16,17). The molecular weight excluding hydrogens is 228 g/mol. The predicted octanol–water partition coefficient (Wildman–Crippen LogP) is 1.62. The molecule has 0 saturated carbocycles. The molecule has 0 unspecified atom stereocenters. The van der Waals surface area contributed by atoms with Gasteiger partial charge in [-0.25, -0.2) is 19.9 Å². The van der Waals surface area contributed by atoms with E-state index in [2.05, 4.69) is 30.6 Å². The Kier molecular flexibility index (Phi) is 4.01. The summed E-state index contributed by atoms with van der Waals surface area (Å²) in [6.45, 7) is 5.35. The van der Waals surface area contributed by atoms with Crippen molar-refractivity contribution in [2.75, 3.05) is 17.2 Å². The normalized spacial score (nSPS) is 10.1. The van der Waals surface area contributed by atoms with E-state index in [-0.39, 0.29) is 0 Å². The minimum atomic E-state index is 0.617. The van der Waals surface area contributed by atoms with Crippen LogP contribution in [0.1, 0.15) is 18.4 Å². The molecule has 2 aromatic heterocycles. The van der Waals surface area contributed by atoms with Crippen molar-refractivity contribution in [3.8, 4) is 0 Å². The van der Waals surface area contributed by atoms with Crippen molar-refractivity contribution in [1.29, 1.82) is 0 Å². The average Bonchev–Trinajstić information content (AvgIpc) is 2.37. The van der Waals surface area contributed by atoms with Crippen LogP contribution in [0, 0.1) is 6.92 Å². The third-order valence-corrected chi connectivity index (χ3v) is 2.31. The van der Waals surface area contributed by atoms with Crippen LogP contribution in [0.4, 0.5) is 11.6 Å². The first kappa shape index (κ1) is 12.2. The summed E-state index contributed by atoms with van der Waals surface area (Å²) >= 11 is 0. The third kappa shape index (κ3) is 3.38. The van der Waals surface area contributed by atoms with Crippen molar-refractivity contribution in [2.24, 2.45) is 0 Å². The minimum Gasteiger partial charge on any atom is -0.370 e. The van der Waals surface area contributed by atoms with Gasteiger partial charge in [0.15, 0.2) is 0 Å². The zero-order valence-electron chi connectivity index (χ0n) is 10.5. The molecule has 0 atom stereocenters. The van der Waals surface area contributed by atoms with Gasteiger partial charge in [0.2, 0.25) is 0 Å². The van der Waals surface area contributed by atoms with E-state index < -0.39 is 0 Å². The van der Waals surface area contributed by atoms with Gasteiger partial charge in [-0.15, -0.1) is 0 Å². The highest BCUT2D eigenvalue weighted by Crippen LogP contribution is 2.09. The van der Waals surface area contributed by atoms with Gasteiger partial charge in [0.25, 0.3) is 0 Å². The molecule has 0 amide bonds. The Bertz CT molecular complexity index is 513. The SMILES string of the molecule is CCNc1cc(NCc2ccnc(C)n2)ncn1. The summed E-state index contributed by atoms with van der Waals surface area (Å²) in [6, 6.07) is 3.75. The quantitative estimate of drug-likeness (QED) is 0.832. The molecule has 94 valence electrons. The first-order chi connectivity index (χ1) is 8.78. The first-order valence-electron chi connectivity index (χ1n) is 5.86. The van der Waals surface area contributed by atoms with E-state index in [1.807, 2.05) is 26.0 Å². The lowest BCUT2D eigenvalue weighted by Gasteiger charge is -2.07. The van der Waals surface area contributed by atoms with Gasteiger partial charge in [-0.05, 0) is 19.9 Å². The third-order valence-electron chi connectivity index (χ3n) is 2.31. The lowest BCUT2D eigenvalue weighted by molar-refractivity contribution is 0.947. The Morgan fingerprint density at radius 1 is 1.11 bits per heavy atom. The van der Waals surface area contributed by atoms with Crippen LogP contribution in [-0.2, 0) is 6.54 Å². The molecule has 6 nitrogen and oxygen atoms in total. The predicted molar refractivity (Wildman–Crippen MR) is 70.3 cm³/mol. The Morgan fingerprint density at radius 2 is 1.89 bits per heavy atom. The molecule has 2 aromatic rings. The first-order valence-corrected chi connectivity index (χ1v) is 5.86. The number of aryl methyl sites for hydroxylation is 1. The van der Waals surface area contributed by atoms with E-state index in [1.165, 1.54) is 6.33 Å². The number of anilines is 2. The molecule has 2 heterocycles. The zero-order valence-corrected chi connectivity index (χ0v) is 10.5. The Balaban J connectivity index is 1.99. The minimum absolute atomic E-state index is 0.617. The second-order valence-corrected chi connectivity index (χ2v) is 3.77. The largest absolute Gasteiger partial charge is 0.370 e. The van der Waals surface area contributed by atoms with Crippen LogP contribution in [0.3, 0.4) is 0 Å². The number of hydrogen-bond donors (Lipinski definition) is 2. The summed E-state index contributed by atoms with van der Waals surface area (Å²) in [6.07, 6.45) is 3.29. The van der Waals surface area contributed by atoms with E-state index in [9.17, 15) is 0 Å². The van der Waals surface area contributed by atoms with Gasteiger partial charge in [-0.3, -0.25) is 0 Å². The number of aromatic nitrogens is 4. The van der Waals surface area contributed by atoms with Gasteiger partial charge >= 0.3 is 0 Å². The second kappa shape index (κ2) is 5.90. The molecule has 0 bridgehead atoms. The summed E-state index contributed by atoms with van der Waals surface area (Å²) in [5, 5.41) is 6.34. The van der Waals surface area contributed by atoms with Crippen LogP contribution in [0.5, 0.6) is 0 Å². The summed E-state index contributed by atoms with van der Waals surface area (Å²) in [5.41, 5.74) is 0.936. The van der Waals surface area contributed by atoms with Crippen molar-refractivity contribution < 1.29 is 0 Å². The maximum atomic E-state index is 4.31. The topological polar surface area (TPSA) is 75.6 Å². The lowest BCUT2D eigenvalue weighted by Crippen LogP contribution is -2.06. The molecule has 0 radical (unpaired) electrons. The number of nitrogens with one attached hydrogen (secondary N) is 2. The van der Waals surface area contributed by atoms with Crippen molar-refractivity contribution in [1.82, 2.24) is 19.9 Å². The van der Waals surface area contributed by atoms with Crippen molar-refractivity contribution in [3.63, 3.8) is 0 Å². The van der Waals surface area contributed by atoms with E-state index in [0.29, 0.717) is 6.54 Å². The highest BCUT2D eigenvalue weighted by molar-refractivity contribution is 5.46. The summed E-state index contributed by atoms with van der Waals surface area (Å²) in [7, 11) is 0. The molecule has 0 aliphatic carbocycles. The number of nitrogens with zero attached hydrogens (tertiary/aromatic N) is 4. The van der Waals surface area contributed by atoms with Crippen molar-refractivity contribution in [2.45, 2.75) is 20.4 Å². The van der Waals surface area contributed by atoms with Crippen LogP contribution in [0.15, 0.2) is 24.7 Å². The van der Waals surface area contributed by atoms with E-state index >= 15 is 0 Å². The van der Waals surface area contributed by atoms with Gasteiger partial charge < -0.3 is 10.6 Å². The fraction of sp³-hybridized carbons (Fsp3) is 0.333. The van der Waals surface area contributed by atoms with Crippen molar-refractivity contribution >= 4 is 11.6 Å². The molecule has 6 heteroatoms. The van der Waals surface area contributed by atoms with E-state index in [0.717, 1.165) is 29.7 Å². The molecule has 0 saturated heterocycles. The molecule has 0 aliphatic heterocycles. The molecule has 0 spiro atoms. The lowest BCUT2D eigenvalue weighted by atomic mass is 10.4. The van der Waals surface area contributed by atoms with Crippen LogP contribution >= 0.6 is 0 Å². The molecule has 2 N–H and O–H groups in total. The summed E-state index contributed by atoms with van der Waals surface area (Å²) in [4.78, 5) is 16.6. The van der Waals surface area contributed by atoms with Gasteiger partial charge in [-0.2, -0.15) is 0 Å². The smallest absolute Gasteiger partial charge is 0.131 e. The van der Waals surface area contributed by atoms with Gasteiger partial charge in [0, 0.05) is 18.8 Å². The zero-order chi connectivity index (χ0) is 12.8. The maximum Gasteiger partial charge on any atom is 0.131 e. The molecular formula is C12H16N6. The van der Waals surface area contributed by atoms with Crippen LogP contribution in [0.2, 0.25) is 0 Å². The highest BCUT2D eigenvalue weighted by Gasteiger charge is 1.99. The second-order valence-electron chi connectivity index (χ2n) is 3.77. The number of rotatable bonds is 5. The molecule has 0 aliphatic rings. The van der Waals surface area contributed by atoms with Gasteiger partial charge in [-0.1, -0.05) is 0 Å². The Morgan fingerprint density at radius 3 is 2.61 bits per heavy atom. The van der Waals surface area contributed by atoms with Crippen LogP contribution in [0.25, 0.3) is 0 Å². The molecule has 0 fully saturated rings. The Labute approximate surface area is 106 Å². The van der Waals surface area contributed by atoms with Crippen LogP contribution < -0.4 is 10.6 Å². The van der Waals surface area contributed by atoms with E-state index in [4.69, 9.17) is 0 Å². The van der Waals surface area contributed by atoms with Crippen molar-refractivity contribution in [3.05, 3.63) is 36.2 Å². The molecule has 0 aromatic carbocycles. The maximum absolute atomic E-state index is 4.31. The summed E-state index contributed by atoms with van der Waals surface area (Å²) < 4.78 is 0. The highest BCUT2D eigenvalue weighted by atomic mass is 15.1. The van der Waals surface area contributed by atoms with Crippen LogP contribution in [-0.4, -0.2) is 26.5 Å². The summed E-state index contributed by atoms with van der Waals surface area (Å²) in [5.74, 6) is 2.36. The Hall–Kier alpha value is -2.24. The number of hydrogen-bond acceptors (Lipinski definition) is 6. The molecule has 18 heavy (non-hydrogen) atoms.